The Balaban J connectivity index is 2.01. The minimum Gasteiger partial charge on any atom is -0.378 e. The van der Waals surface area contributed by atoms with Crippen LogP contribution in [0.5, 0.6) is 0 Å². The van der Waals surface area contributed by atoms with Crippen LogP contribution in [0.3, 0.4) is 0 Å². The molecule has 150 valence electrons. The first-order chi connectivity index (χ1) is 13.7. The normalized spacial score (nSPS) is 15.7. The van der Waals surface area contributed by atoms with Crippen LogP contribution in [0, 0.1) is 13.8 Å². The number of amides is 2. The summed E-state index contributed by atoms with van der Waals surface area (Å²) in [7, 11) is 4.00. The molecule has 0 unspecified atom stereocenters. The second-order valence-electron chi connectivity index (χ2n) is 7.09. The van der Waals surface area contributed by atoms with Gasteiger partial charge in [0.05, 0.1) is 0 Å². The summed E-state index contributed by atoms with van der Waals surface area (Å²) < 4.78 is 2.10. The van der Waals surface area contributed by atoms with Crippen molar-refractivity contribution in [2.45, 2.75) is 13.8 Å². The summed E-state index contributed by atoms with van der Waals surface area (Å²) in [6.45, 7) is 7.85. The lowest BCUT2D eigenvalue weighted by Gasteiger charge is -2.27. The molecule has 6 nitrogen and oxygen atoms in total. The average Bonchev–Trinajstić information content (AvgIpc) is 2.95. The Morgan fingerprint density at radius 3 is 2.41 bits per heavy atom. The van der Waals surface area contributed by atoms with Crippen molar-refractivity contribution in [3.05, 3.63) is 65.5 Å². The van der Waals surface area contributed by atoms with Gasteiger partial charge in [-0.15, -0.1) is 6.58 Å². The zero-order chi connectivity index (χ0) is 21.3. The highest BCUT2D eigenvalue weighted by molar-refractivity contribution is 7.80. The van der Waals surface area contributed by atoms with Gasteiger partial charge in [-0.1, -0.05) is 6.08 Å². The van der Waals surface area contributed by atoms with Crippen LogP contribution < -0.4 is 10.2 Å². The van der Waals surface area contributed by atoms with Gasteiger partial charge in [-0.2, -0.15) is 0 Å². The van der Waals surface area contributed by atoms with Gasteiger partial charge in [-0.3, -0.25) is 19.8 Å². The molecule has 0 radical (unpaired) electrons. The summed E-state index contributed by atoms with van der Waals surface area (Å²) in [5.74, 6) is -0.903. The van der Waals surface area contributed by atoms with Crippen LogP contribution in [-0.2, 0) is 9.59 Å². The third-order valence-electron chi connectivity index (χ3n) is 4.89. The molecular formula is C22H24N4O2S. The van der Waals surface area contributed by atoms with E-state index >= 15 is 0 Å². The van der Waals surface area contributed by atoms with E-state index in [1.807, 2.05) is 38.9 Å². The van der Waals surface area contributed by atoms with Crippen LogP contribution in [0.4, 0.5) is 5.69 Å². The molecule has 0 spiro atoms. The third kappa shape index (κ3) is 3.86. The topological polar surface area (TPSA) is 57.6 Å². The molecule has 1 aliphatic heterocycles. The van der Waals surface area contributed by atoms with E-state index in [9.17, 15) is 9.59 Å². The molecule has 3 rings (SSSR count). The first-order valence-electron chi connectivity index (χ1n) is 9.21. The maximum Gasteiger partial charge on any atom is 0.265 e. The molecule has 1 fully saturated rings. The number of nitrogens with one attached hydrogen (secondary N) is 1. The van der Waals surface area contributed by atoms with Gasteiger partial charge in [0.2, 0.25) is 0 Å². The molecule has 1 aromatic heterocycles. The summed E-state index contributed by atoms with van der Waals surface area (Å²) in [5.41, 5.74) is 4.95. The quantitative estimate of drug-likeness (QED) is 0.358. The van der Waals surface area contributed by atoms with Gasteiger partial charge >= 0.3 is 0 Å². The number of nitrogens with zero attached hydrogens (tertiary/aromatic N) is 3. The highest BCUT2D eigenvalue weighted by Crippen LogP contribution is 2.25. The standard InChI is InChI=1S/C22H24N4O2S/c1-6-11-25-21(28)19(20(27)23-22(25)29)13-16-12-14(2)26(15(16)3)18-9-7-17(8-10-18)24(4)5/h6-10,12-13H,1,11H2,2-5H3,(H,23,27,29). The minimum atomic E-state index is -0.486. The second-order valence-corrected chi connectivity index (χ2v) is 7.48. The fraction of sp³-hybridized carbons (Fsp3) is 0.227. The molecule has 0 bridgehead atoms. The van der Waals surface area contributed by atoms with Crippen molar-refractivity contribution in [2.24, 2.45) is 0 Å². The Morgan fingerprint density at radius 1 is 1.17 bits per heavy atom. The molecule has 29 heavy (non-hydrogen) atoms. The van der Waals surface area contributed by atoms with Crippen LogP contribution in [0.1, 0.15) is 17.0 Å². The number of hydrogen-bond donors (Lipinski definition) is 1. The van der Waals surface area contributed by atoms with E-state index in [0.29, 0.717) is 0 Å². The van der Waals surface area contributed by atoms with Gasteiger partial charge in [0.1, 0.15) is 5.57 Å². The molecule has 0 aliphatic carbocycles. The maximum absolute atomic E-state index is 12.8. The smallest absolute Gasteiger partial charge is 0.265 e. The van der Waals surface area contributed by atoms with Gasteiger partial charge in [0.25, 0.3) is 11.8 Å². The van der Waals surface area contributed by atoms with E-state index < -0.39 is 11.8 Å². The molecule has 1 aromatic carbocycles. The number of rotatable bonds is 5. The summed E-state index contributed by atoms with van der Waals surface area (Å²) in [6, 6.07) is 10.2. The van der Waals surface area contributed by atoms with E-state index in [4.69, 9.17) is 12.2 Å². The number of carbonyl (C=O) groups excluding carboxylic acids is 2. The highest BCUT2D eigenvalue weighted by Gasteiger charge is 2.32. The number of anilines is 1. The van der Waals surface area contributed by atoms with Crippen molar-refractivity contribution in [1.29, 1.82) is 0 Å². The summed E-state index contributed by atoms with van der Waals surface area (Å²) in [5, 5.41) is 2.67. The SMILES string of the molecule is C=CCN1C(=O)C(=Cc2cc(C)n(-c3ccc(N(C)C)cc3)c2C)C(=O)NC1=S. The predicted molar refractivity (Wildman–Crippen MR) is 120 cm³/mol. The van der Waals surface area contributed by atoms with Crippen LogP contribution in [0.15, 0.2) is 48.6 Å². The van der Waals surface area contributed by atoms with Crippen LogP contribution in [0.2, 0.25) is 0 Å². The van der Waals surface area contributed by atoms with Gasteiger partial charge in [0.15, 0.2) is 5.11 Å². The van der Waals surface area contributed by atoms with Gasteiger partial charge in [-0.25, -0.2) is 0 Å². The molecular weight excluding hydrogens is 384 g/mol. The second kappa shape index (κ2) is 8.05. The average molecular weight is 409 g/mol. The lowest BCUT2D eigenvalue weighted by molar-refractivity contribution is -0.128. The van der Waals surface area contributed by atoms with Crippen molar-refractivity contribution in [3.8, 4) is 5.69 Å². The molecule has 1 N–H and O–H groups in total. The van der Waals surface area contributed by atoms with Gasteiger partial charge in [0, 0.05) is 43.4 Å². The van der Waals surface area contributed by atoms with E-state index in [1.165, 1.54) is 4.90 Å². The zero-order valence-corrected chi connectivity index (χ0v) is 17.8. The van der Waals surface area contributed by atoms with Crippen molar-refractivity contribution in [1.82, 2.24) is 14.8 Å². The fourth-order valence-electron chi connectivity index (χ4n) is 3.38. The highest BCUT2D eigenvalue weighted by atomic mass is 32.1. The molecule has 2 amide bonds. The first-order valence-corrected chi connectivity index (χ1v) is 9.62. The lowest BCUT2D eigenvalue weighted by atomic mass is 10.1. The molecule has 1 aliphatic rings. The van der Waals surface area contributed by atoms with E-state index in [2.05, 4.69) is 40.7 Å². The Morgan fingerprint density at radius 2 is 1.83 bits per heavy atom. The fourth-order valence-corrected chi connectivity index (χ4v) is 3.63. The van der Waals surface area contributed by atoms with E-state index in [1.54, 1.807) is 12.2 Å². The molecule has 0 saturated carbocycles. The van der Waals surface area contributed by atoms with Gasteiger partial charge < -0.3 is 9.47 Å². The van der Waals surface area contributed by atoms with Gasteiger partial charge in [-0.05, 0) is 68.0 Å². The number of hydrogen-bond acceptors (Lipinski definition) is 4. The van der Waals surface area contributed by atoms with Crippen LogP contribution in [0.25, 0.3) is 11.8 Å². The lowest BCUT2D eigenvalue weighted by Crippen LogP contribution is -2.53. The molecule has 2 heterocycles. The Labute approximate surface area is 176 Å². The number of aromatic nitrogens is 1. The third-order valence-corrected chi connectivity index (χ3v) is 5.21. The monoisotopic (exact) mass is 408 g/mol. The molecule has 0 atom stereocenters. The molecule has 2 aromatic rings. The minimum absolute atomic E-state index is 0.0589. The number of thiocarbonyl (C=S) groups is 1. The summed E-state index contributed by atoms with van der Waals surface area (Å²) >= 11 is 5.10. The summed E-state index contributed by atoms with van der Waals surface area (Å²) in [4.78, 5) is 28.5. The molecule has 7 heteroatoms. The van der Waals surface area contributed by atoms with Crippen molar-refractivity contribution >= 4 is 40.9 Å². The maximum atomic E-state index is 12.8. The van der Waals surface area contributed by atoms with E-state index in [-0.39, 0.29) is 17.2 Å². The van der Waals surface area contributed by atoms with Crippen molar-refractivity contribution < 1.29 is 9.59 Å². The van der Waals surface area contributed by atoms with E-state index in [0.717, 1.165) is 28.3 Å². The van der Waals surface area contributed by atoms with Crippen molar-refractivity contribution in [3.63, 3.8) is 0 Å². The number of benzene rings is 1. The Kier molecular flexibility index (Phi) is 5.70. The Hall–Kier alpha value is -3.19. The predicted octanol–water partition coefficient (Wildman–Crippen LogP) is 2.97. The Bertz CT molecular complexity index is 1030. The van der Waals surface area contributed by atoms with Crippen LogP contribution in [-0.4, -0.2) is 47.0 Å². The van der Waals surface area contributed by atoms with Crippen LogP contribution >= 0.6 is 12.2 Å². The summed E-state index contributed by atoms with van der Waals surface area (Å²) in [6.07, 6.45) is 3.20. The largest absolute Gasteiger partial charge is 0.378 e. The zero-order valence-electron chi connectivity index (χ0n) is 17.0. The number of aryl methyl sites for hydroxylation is 1. The first kappa shape index (κ1) is 20.5. The molecule has 1 saturated heterocycles. The van der Waals surface area contributed by atoms with Crippen molar-refractivity contribution in [2.75, 3.05) is 25.5 Å². The number of carbonyl (C=O) groups is 2.